The van der Waals surface area contributed by atoms with E-state index < -0.39 is 6.10 Å². The van der Waals surface area contributed by atoms with Gasteiger partial charge in [-0.1, -0.05) is 11.8 Å². The van der Waals surface area contributed by atoms with Crippen molar-refractivity contribution in [2.24, 2.45) is 0 Å². The Morgan fingerprint density at radius 3 is 3.07 bits per heavy atom. The van der Waals surface area contributed by atoms with E-state index in [2.05, 4.69) is 37.7 Å². The van der Waals surface area contributed by atoms with E-state index in [1.807, 2.05) is 6.20 Å². The Morgan fingerprint density at radius 2 is 2.33 bits per heavy atom. The number of nitrogens with one attached hydrogen (secondary N) is 1. The molecule has 0 aliphatic rings. The lowest BCUT2D eigenvalue weighted by Crippen LogP contribution is -1.92. The Labute approximate surface area is 95.7 Å². The van der Waals surface area contributed by atoms with Crippen molar-refractivity contribution < 1.29 is 5.11 Å². The van der Waals surface area contributed by atoms with Crippen molar-refractivity contribution in [1.29, 1.82) is 0 Å². The third-order valence-electron chi connectivity index (χ3n) is 1.96. The number of fused-ring (bicyclic) bond motifs is 1. The fourth-order valence-corrected chi connectivity index (χ4v) is 1.87. The average Bonchev–Trinajstić information content (AvgIpc) is 2.59. The molecule has 0 radical (unpaired) electrons. The van der Waals surface area contributed by atoms with Crippen LogP contribution in [0.4, 0.5) is 0 Å². The second-order valence-corrected chi connectivity index (χ2v) is 4.05. The number of H-pyrrole nitrogens is 1. The van der Waals surface area contributed by atoms with Gasteiger partial charge in [0.25, 0.3) is 0 Å². The molecule has 76 valence electrons. The molecule has 2 heterocycles. The smallest absolute Gasteiger partial charge is 0.112 e. The summed E-state index contributed by atoms with van der Waals surface area (Å²) in [5.74, 6) is 5.63. The lowest BCUT2D eigenvalue weighted by Gasteiger charge is -1.93. The van der Waals surface area contributed by atoms with Gasteiger partial charge >= 0.3 is 0 Å². The monoisotopic (exact) mass is 264 g/mol. The van der Waals surface area contributed by atoms with Crippen molar-refractivity contribution in [3.63, 3.8) is 0 Å². The third-order valence-corrected chi connectivity index (χ3v) is 2.56. The van der Waals surface area contributed by atoms with Crippen molar-refractivity contribution in [1.82, 2.24) is 9.97 Å². The lowest BCUT2D eigenvalue weighted by atomic mass is 10.2. The molecule has 0 aromatic carbocycles. The van der Waals surface area contributed by atoms with Crippen molar-refractivity contribution >= 4 is 26.8 Å². The average molecular weight is 265 g/mol. The maximum Gasteiger partial charge on any atom is 0.112 e. The molecule has 2 aromatic rings. The molecule has 0 aliphatic carbocycles. The first kappa shape index (κ1) is 10.2. The highest BCUT2D eigenvalue weighted by atomic mass is 79.9. The van der Waals surface area contributed by atoms with Crippen LogP contribution in [-0.4, -0.2) is 21.2 Å². The summed E-state index contributed by atoms with van der Waals surface area (Å²) < 4.78 is 0.899. The fraction of sp³-hybridized carbons (Fsp3) is 0.182. The standard InChI is InChI=1S/C11H9BrN2O/c1-7(15)2-3-8-4-14-10-6-13-5-9(12)11(8)10/h4-7,14-15H,1H3. The summed E-state index contributed by atoms with van der Waals surface area (Å²) in [6, 6.07) is 0. The van der Waals surface area contributed by atoms with E-state index in [1.54, 1.807) is 19.3 Å². The molecule has 0 saturated heterocycles. The quantitative estimate of drug-likeness (QED) is 0.716. The molecular weight excluding hydrogens is 256 g/mol. The molecule has 2 rings (SSSR count). The van der Waals surface area contributed by atoms with Gasteiger partial charge in [-0.15, -0.1) is 0 Å². The Morgan fingerprint density at radius 1 is 1.53 bits per heavy atom. The Kier molecular flexibility index (Phi) is 2.76. The van der Waals surface area contributed by atoms with E-state index >= 15 is 0 Å². The van der Waals surface area contributed by atoms with Crippen LogP contribution in [0.1, 0.15) is 12.5 Å². The molecule has 0 fully saturated rings. The molecule has 15 heavy (non-hydrogen) atoms. The van der Waals surface area contributed by atoms with Crippen LogP contribution in [0, 0.1) is 11.8 Å². The third kappa shape index (κ3) is 2.04. The van der Waals surface area contributed by atoms with Crippen molar-refractivity contribution in [3.05, 3.63) is 28.6 Å². The number of pyridine rings is 1. The first-order valence-electron chi connectivity index (χ1n) is 4.48. The molecule has 0 spiro atoms. The van der Waals surface area contributed by atoms with E-state index in [1.165, 1.54) is 0 Å². The maximum atomic E-state index is 9.08. The number of hydrogen-bond donors (Lipinski definition) is 2. The van der Waals surface area contributed by atoms with Gasteiger partial charge in [0.05, 0.1) is 17.3 Å². The highest BCUT2D eigenvalue weighted by Crippen LogP contribution is 2.24. The van der Waals surface area contributed by atoms with Gasteiger partial charge < -0.3 is 10.1 Å². The van der Waals surface area contributed by atoms with Crippen LogP contribution < -0.4 is 0 Å². The molecule has 0 amide bonds. The molecule has 2 N–H and O–H groups in total. The number of nitrogens with zero attached hydrogens (tertiary/aromatic N) is 1. The van der Waals surface area contributed by atoms with E-state index in [4.69, 9.17) is 5.11 Å². The van der Waals surface area contributed by atoms with Gasteiger partial charge in [-0.3, -0.25) is 4.98 Å². The number of aromatic amines is 1. The van der Waals surface area contributed by atoms with Gasteiger partial charge in [-0.25, -0.2) is 0 Å². The van der Waals surface area contributed by atoms with Gasteiger partial charge in [0.15, 0.2) is 0 Å². The zero-order valence-electron chi connectivity index (χ0n) is 8.08. The maximum absolute atomic E-state index is 9.08. The number of aliphatic hydroxyl groups excluding tert-OH is 1. The molecule has 1 atom stereocenters. The van der Waals surface area contributed by atoms with Crippen LogP contribution in [0.5, 0.6) is 0 Å². The van der Waals surface area contributed by atoms with Gasteiger partial charge in [-0.05, 0) is 22.9 Å². The summed E-state index contributed by atoms with van der Waals surface area (Å²) in [5.41, 5.74) is 1.79. The van der Waals surface area contributed by atoms with Gasteiger partial charge in [0.2, 0.25) is 0 Å². The summed E-state index contributed by atoms with van der Waals surface area (Å²) in [6.45, 7) is 1.64. The minimum atomic E-state index is -0.615. The molecule has 0 aliphatic heterocycles. The van der Waals surface area contributed by atoms with Gasteiger partial charge in [0, 0.05) is 22.3 Å². The number of hydrogen-bond acceptors (Lipinski definition) is 2. The minimum absolute atomic E-state index is 0.615. The second-order valence-electron chi connectivity index (χ2n) is 3.19. The predicted octanol–water partition coefficient (Wildman–Crippen LogP) is 2.06. The number of halogens is 1. The van der Waals surface area contributed by atoms with Crippen molar-refractivity contribution in [3.8, 4) is 11.8 Å². The summed E-state index contributed by atoms with van der Waals surface area (Å²) in [7, 11) is 0. The van der Waals surface area contributed by atoms with Crippen LogP contribution in [0.15, 0.2) is 23.1 Å². The normalized spacial score (nSPS) is 12.2. The number of rotatable bonds is 0. The SMILES string of the molecule is CC(O)C#Cc1c[nH]c2cncc(Br)c12. The Bertz CT molecular complexity index is 548. The topological polar surface area (TPSA) is 48.9 Å². The largest absolute Gasteiger partial charge is 0.381 e. The molecule has 4 heteroatoms. The number of aromatic nitrogens is 2. The first-order chi connectivity index (χ1) is 7.18. The Balaban J connectivity index is 2.59. The lowest BCUT2D eigenvalue weighted by molar-refractivity contribution is 0.253. The zero-order chi connectivity index (χ0) is 10.8. The molecule has 0 saturated carbocycles. The number of aliphatic hydroxyl groups is 1. The Hall–Kier alpha value is -1.31. The van der Waals surface area contributed by atoms with E-state index in [9.17, 15) is 0 Å². The van der Waals surface area contributed by atoms with Crippen LogP contribution in [0.2, 0.25) is 0 Å². The fourth-order valence-electron chi connectivity index (χ4n) is 1.32. The molecule has 2 aromatic heterocycles. The molecular formula is C11H9BrN2O. The van der Waals surface area contributed by atoms with E-state index in [0.29, 0.717) is 0 Å². The minimum Gasteiger partial charge on any atom is -0.381 e. The van der Waals surface area contributed by atoms with Crippen LogP contribution in [-0.2, 0) is 0 Å². The molecule has 0 bridgehead atoms. The van der Waals surface area contributed by atoms with E-state index in [0.717, 1.165) is 20.9 Å². The van der Waals surface area contributed by atoms with Crippen LogP contribution >= 0.6 is 15.9 Å². The van der Waals surface area contributed by atoms with Crippen molar-refractivity contribution in [2.45, 2.75) is 13.0 Å². The summed E-state index contributed by atoms with van der Waals surface area (Å²) in [4.78, 5) is 7.12. The summed E-state index contributed by atoms with van der Waals surface area (Å²) in [6.07, 6.45) is 4.67. The highest BCUT2D eigenvalue weighted by molar-refractivity contribution is 9.10. The molecule has 3 nitrogen and oxygen atoms in total. The summed E-state index contributed by atoms with van der Waals surface area (Å²) >= 11 is 3.42. The van der Waals surface area contributed by atoms with Crippen molar-refractivity contribution in [2.75, 3.05) is 0 Å². The zero-order valence-corrected chi connectivity index (χ0v) is 9.67. The second kappa shape index (κ2) is 4.05. The van der Waals surface area contributed by atoms with Crippen LogP contribution in [0.25, 0.3) is 10.9 Å². The predicted molar refractivity (Wildman–Crippen MR) is 62.4 cm³/mol. The van der Waals surface area contributed by atoms with Gasteiger partial charge in [-0.2, -0.15) is 0 Å². The van der Waals surface area contributed by atoms with E-state index in [-0.39, 0.29) is 0 Å². The molecule has 1 unspecified atom stereocenters. The van der Waals surface area contributed by atoms with Crippen LogP contribution in [0.3, 0.4) is 0 Å². The van der Waals surface area contributed by atoms with Gasteiger partial charge in [0.1, 0.15) is 6.10 Å². The first-order valence-corrected chi connectivity index (χ1v) is 5.28. The summed E-state index contributed by atoms with van der Waals surface area (Å²) in [5, 5.41) is 10.1. The highest BCUT2D eigenvalue weighted by Gasteiger charge is 2.05.